The van der Waals surface area contributed by atoms with Gasteiger partial charge < -0.3 is 5.32 Å². The fraction of sp³-hybridized carbons (Fsp3) is 0.529. The Morgan fingerprint density at radius 2 is 2.12 bits per heavy atom. The van der Waals surface area contributed by atoms with Crippen molar-refractivity contribution in [2.24, 2.45) is 0 Å². The van der Waals surface area contributed by atoms with Crippen LogP contribution in [0.2, 0.25) is 0 Å². The zero-order valence-electron chi connectivity index (χ0n) is 14.4. The molecule has 0 spiro atoms. The zero-order chi connectivity index (χ0) is 18.0. The lowest BCUT2D eigenvalue weighted by atomic mass is 9.95. The Kier molecular flexibility index (Phi) is 5.17. The SMILES string of the molecule is Cc1nn(Cc2csc(C(=O)NC3CCCCC3)c2)c(C)c1[N+](=O)[O-]. The van der Waals surface area contributed by atoms with Gasteiger partial charge in [-0.05, 0) is 43.7 Å². The van der Waals surface area contributed by atoms with Gasteiger partial charge in [-0.2, -0.15) is 5.10 Å². The second-order valence-corrected chi connectivity index (χ2v) is 7.47. The van der Waals surface area contributed by atoms with Gasteiger partial charge in [-0.25, -0.2) is 0 Å². The molecule has 1 aliphatic carbocycles. The van der Waals surface area contributed by atoms with Crippen molar-refractivity contribution in [3.63, 3.8) is 0 Å². The van der Waals surface area contributed by atoms with Gasteiger partial charge in [0.1, 0.15) is 11.4 Å². The highest BCUT2D eigenvalue weighted by molar-refractivity contribution is 7.12. The fourth-order valence-electron chi connectivity index (χ4n) is 3.36. The molecule has 0 atom stereocenters. The number of nitrogens with one attached hydrogen (secondary N) is 1. The summed E-state index contributed by atoms with van der Waals surface area (Å²) in [5.74, 6) is -0.0255. The maximum atomic E-state index is 12.4. The van der Waals surface area contributed by atoms with Crippen LogP contribution in [0.25, 0.3) is 0 Å². The van der Waals surface area contributed by atoms with E-state index in [0.717, 1.165) is 18.4 Å². The standard InChI is InChI=1S/C17H22N4O3S/c1-11-16(21(23)24)12(2)20(19-11)9-13-8-15(25-10-13)17(22)18-14-6-4-3-5-7-14/h8,10,14H,3-7,9H2,1-2H3,(H,18,22). The highest BCUT2D eigenvalue weighted by atomic mass is 32.1. The Morgan fingerprint density at radius 1 is 1.40 bits per heavy atom. The average molecular weight is 362 g/mol. The van der Waals surface area contributed by atoms with Crippen molar-refractivity contribution in [3.05, 3.63) is 43.4 Å². The molecule has 1 N–H and O–H groups in total. The van der Waals surface area contributed by atoms with Gasteiger partial charge >= 0.3 is 5.69 Å². The van der Waals surface area contributed by atoms with Crippen LogP contribution in [0.3, 0.4) is 0 Å². The molecule has 0 bridgehead atoms. The molecule has 3 rings (SSSR count). The molecule has 0 radical (unpaired) electrons. The number of hydrogen-bond acceptors (Lipinski definition) is 5. The topological polar surface area (TPSA) is 90.1 Å². The van der Waals surface area contributed by atoms with E-state index in [4.69, 9.17) is 0 Å². The summed E-state index contributed by atoms with van der Waals surface area (Å²) in [6, 6.07) is 2.14. The number of aromatic nitrogens is 2. The molecule has 1 fully saturated rings. The molecular weight excluding hydrogens is 340 g/mol. The second-order valence-electron chi connectivity index (χ2n) is 6.56. The minimum Gasteiger partial charge on any atom is -0.349 e. The summed E-state index contributed by atoms with van der Waals surface area (Å²) in [5, 5.41) is 20.4. The van der Waals surface area contributed by atoms with Crippen LogP contribution in [0, 0.1) is 24.0 Å². The van der Waals surface area contributed by atoms with Gasteiger partial charge in [0, 0.05) is 6.04 Å². The van der Waals surface area contributed by atoms with Crippen molar-refractivity contribution >= 4 is 22.9 Å². The zero-order valence-corrected chi connectivity index (χ0v) is 15.3. The van der Waals surface area contributed by atoms with Gasteiger partial charge in [-0.3, -0.25) is 19.6 Å². The first-order chi connectivity index (χ1) is 12.0. The van der Waals surface area contributed by atoms with Crippen LogP contribution in [-0.4, -0.2) is 26.7 Å². The number of nitrogens with zero attached hydrogens (tertiary/aromatic N) is 3. The lowest BCUT2D eigenvalue weighted by Crippen LogP contribution is -2.35. The van der Waals surface area contributed by atoms with E-state index in [-0.39, 0.29) is 17.6 Å². The summed E-state index contributed by atoms with van der Waals surface area (Å²) in [6.07, 6.45) is 5.72. The predicted molar refractivity (Wildman–Crippen MR) is 96.1 cm³/mol. The first-order valence-electron chi connectivity index (χ1n) is 8.52. The molecule has 1 aliphatic rings. The molecule has 134 valence electrons. The van der Waals surface area contributed by atoms with Crippen LogP contribution < -0.4 is 5.32 Å². The number of amides is 1. The summed E-state index contributed by atoms with van der Waals surface area (Å²) in [5.41, 5.74) is 1.93. The molecule has 0 aromatic carbocycles. The van der Waals surface area contributed by atoms with Gasteiger partial charge in [-0.15, -0.1) is 11.3 Å². The molecule has 2 aromatic rings. The monoisotopic (exact) mass is 362 g/mol. The number of carbonyl (C=O) groups is 1. The third kappa shape index (κ3) is 3.89. The molecule has 7 nitrogen and oxygen atoms in total. The molecule has 1 amide bonds. The summed E-state index contributed by atoms with van der Waals surface area (Å²) >= 11 is 1.40. The van der Waals surface area contributed by atoms with Crippen molar-refractivity contribution in [1.29, 1.82) is 0 Å². The van der Waals surface area contributed by atoms with Gasteiger partial charge in [-0.1, -0.05) is 19.3 Å². The largest absolute Gasteiger partial charge is 0.349 e. The molecule has 8 heteroatoms. The quantitative estimate of drug-likeness (QED) is 0.650. The summed E-state index contributed by atoms with van der Waals surface area (Å²) in [4.78, 5) is 23.8. The van der Waals surface area contributed by atoms with Crippen LogP contribution in [0.15, 0.2) is 11.4 Å². The maximum Gasteiger partial charge on any atom is 0.312 e. The summed E-state index contributed by atoms with van der Waals surface area (Å²) < 4.78 is 1.62. The Hall–Kier alpha value is -2.22. The Morgan fingerprint density at radius 3 is 2.76 bits per heavy atom. The molecule has 1 saturated carbocycles. The number of nitro groups is 1. The van der Waals surface area contributed by atoms with E-state index in [1.807, 2.05) is 11.4 Å². The number of rotatable bonds is 5. The van der Waals surface area contributed by atoms with Crippen LogP contribution >= 0.6 is 11.3 Å². The van der Waals surface area contributed by atoms with Gasteiger partial charge in [0.05, 0.1) is 16.3 Å². The Labute approximate surface area is 150 Å². The van der Waals surface area contributed by atoms with Gasteiger partial charge in [0.2, 0.25) is 0 Å². The summed E-state index contributed by atoms with van der Waals surface area (Å²) in [7, 11) is 0. The minimum atomic E-state index is -0.398. The van der Waals surface area contributed by atoms with E-state index in [0.29, 0.717) is 22.8 Å². The normalized spacial score (nSPS) is 15.3. The number of carbonyl (C=O) groups excluding carboxylic acids is 1. The number of aryl methyl sites for hydroxylation is 1. The minimum absolute atomic E-state index is 0.0255. The third-order valence-corrected chi connectivity index (χ3v) is 5.65. The van der Waals surface area contributed by atoms with Crippen LogP contribution in [0.4, 0.5) is 5.69 Å². The van der Waals surface area contributed by atoms with Crippen molar-refractivity contribution in [1.82, 2.24) is 15.1 Å². The van der Waals surface area contributed by atoms with E-state index < -0.39 is 4.92 Å². The number of hydrogen-bond donors (Lipinski definition) is 1. The molecule has 0 saturated heterocycles. The van der Waals surface area contributed by atoms with Crippen molar-refractivity contribution in [3.8, 4) is 0 Å². The van der Waals surface area contributed by atoms with Crippen LogP contribution in [0.1, 0.15) is 58.7 Å². The van der Waals surface area contributed by atoms with Crippen LogP contribution in [0.5, 0.6) is 0 Å². The van der Waals surface area contributed by atoms with Crippen molar-refractivity contribution in [2.75, 3.05) is 0 Å². The molecule has 0 unspecified atom stereocenters. The van der Waals surface area contributed by atoms with E-state index in [1.165, 1.54) is 30.6 Å². The molecule has 2 heterocycles. The predicted octanol–water partition coefficient (Wildman–Crippen LogP) is 3.58. The lowest BCUT2D eigenvalue weighted by Gasteiger charge is -2.22. The molecule has 2 aromatic heterocycles. The van der Waals surface area contributed by atoms with Crippen LogP contribution in [-0.2, 0) is 6.54 Å². The average Bonchev–Trinajstić information content (AvgIpc) is 3.14. The molecular formula is C17H22N4O3S. The van der Waals surface area contributed by atoms with Crippen molar-refractivity contribution in [2.45, 2.75) is 58.5 Å². The Balaban J connectivity index is 1.68. The van der Waals surface area contributed by atoms with E-state index >= 15 is 0 Å². The highest BCUT2D eigenvalue weighted by Gasteiger charge is 2.22. The van der Waals surface area contributed by atoms with Crippen molar-refractivity contribution < 1.29 is 9.72 Å². The maximum absolute atomic E-state index is 12.4. The first-order valence-corrected chi connectivity index (χ1v) is 9.40. The molecule has 25 heavy (non-hydrogen) atoms. The first kappa shape index (κ1) is 17.6. The second kappa shape index (κ2) is 7.35. The third-order valence-electron chi connectivity index (χ3n) is 4.68. The molecule has 0 aliphatic heterocycles. The Bertz CT molecular complexity index is 790. The van der Waals surface area contributed by atoms with Gasteiger partial charge in [0.15, 0.2) is 0 Å². The van der Waals surface area contributed by atoms with E-state index in [9.17, 15) is 14.9 Å². The summed E-state index contributed by atoms with van der Waals surface area (Å²) in [6.45, 7) is 3.76. The van der Waals surface area contributed by atoms with Gasteiger partial charge in [0.25, 0.3) is 5.91 Å². The van der Waals surface area contributed by atoms with E-state index in [2.05, 4.69) is 10.4 Å². The lowest BCUT2D eigenvalue weighted by molar-refractivity contribution is -0.386. The fourth-order valence-corrected chi connectivity index (χ4v) is 4.17. The van der Waals surface area contributed by atoms with E-state index in [1.54, 1.807) is 18.5 Å². The smallest absolute Gasteiger partial charge is 0.312 e. The number of thiophene rings is 1. The highest BCUT2D eigenvalue weighted by Crippen LogP contribution is 2.24.